The first-order valence-corrected chi connectivity index (χ1v) is 9.71. The van der Waals surface area contributed by atoms with Crippen LogP contribution in [0.15, 0.2) is 60.7 Å². The summed E-state index contributed by atoms with van der Waals surface area (Å²) in [6.45, 7) is -0.0782. The highest BCUT2D eigenvalue weighted by Gasteiger charge is 2.31. The van der Waals surface area contributed by atoms with Gasteiger partial charge in [0.05, 0.1) is 24.7 Å². The van der Waals surface area contributed by atoms with Crippen LogP contribution in [0.4, 0.5) is 17.6 Å². The first-order chi connectivity index (χ1) is 15.6. The van der Waals surface area contributed by atoms with Crippen LogP contribution in [0.3, 0.4) is 0 Å². The summed E-state index contributed by atoms with van der Waals surface area (Å²) in [5.41, 5.74) is 0.934. The van der Waals surface area contributed by atoms with Gasteiger partial charge >= 0.3 is 12.1 Å². The van der Waals surface area contributed by atoms with Gasteiger partial charge < -0.3 is 15.2 Å². The lowest BCUT2D eigenvalue weighted by atomic mass is 9.99. The van der Waals surface area contributed by atoms with Crippen LogP contribution in [0, 0.1) is 5.82 Å². The van der Waals surface area contributed by atoms with E-state index in [2.05, 4.69) is 5.32 Å². The Morgan fingerprint density at radius 2 is 1.73 bits per heavy atom. The van der Waals surface area contributed by atoms with Crippen LogP contribution in [0.2, 0.25) is 0 Å². The van der Waals surface area contributed by atoms with Gasteiger partial charge in [0.25, 0.3) is 5.91 Å². The zero-order chi connectivity index (χ0) is 24.2. The third-order valence-electron chi connectivity index (χ3n) is 4.88. The maximum Gasteiger partial charge on any atom is 0.416 e. The number of hydrogen-bond acceptors (Lipinski definition) is 3. The average Bonchev–Trinajstić information content (AvgIpc) is 2.76. The van der Waals surface area contributed by atoms with Gasteiger partial charge in [0.2, 0.25) is 0 Å². The topological polar surface area (TPSA) is 75.6 Å². The Morgan fingerprint density at radius 1 is 1.00 bits per heavy atom. The molecule has 2 N–H and O–H groups in total. The summed E-state index contributed by atoms with van der Waals surface area (Å²) in [4.78, 5) is 23.3. The summed E-state index contributed by atoms with van der Waals surface area (Å²) < 4.78 is 57.5. The van der Waals surface area contributed by atoms with E-state index in [0.29, 0.717) is 22.9 Å². The molecule has 0 aliphatic heterocycles. The Hall–Kier alpha value is -3.88. The molecule has 3 aromatic rings. The first kappa shape index (κ1) is 23.8. The number of ether oxygens (including phenoxy) is 1. The van der Waals surface area contributed by atoms with Crippen molar-refractivity contribution in [1.29, 1.82) is 0 Å². The zero-order valence-electron chi connectivity index (χ0n) is 17.4. The number of nitrogens with one attached hydrogen (secondary N) is 1. The van der Waals surface area contributed by atoms with Crippen LogP contribution in [0.1, 0.15) is 27.0 Å². The summed E-state index contributed by atoms with van der Waals surface area (Å²) >= 11 is 0. The molecule has 5 nitrogen and oxygen atoms in total. The SMILES string of the molecule is COc1ccc(-c2cccc(CC(=O)O)c2)cc1CNC(=O)c1ccc(C(F)(F)F)cc1F. The van der Waals surface area contributed by atoms with Gasteiger partial charge in [-0.05, 0) is 47.0 Å². The van der Waals surface area contributed by atoms with Gasteiger partial charge in [0, 0.05) is 12.1 Å². The number of hydrogen-bond donors (Lipinski definition) is 2. The van der Waals surface area contributed by atoms with E-state index in [1.165, 1.54) is 7.11 Å². The molecule has 0 heterocycles. The van der Waals surface area contributed by atoms with E-state index < -0.39 is 35.0 Å². The second kappa shape index (κ2) is 9.72. The zero-order valence-corrected chi connectivity index (χ0v) is 17.4. The number of carbonyl (C=O) groups excluding carboxylic acids is 1. The number of rotatable bonds is 7. The molecule has 172 valence electrons. The maximum absolute atomic E-state index is 14.1. The third kappa shape index (κ3) is 5.88. The van der Waals surface area contributed by atoms with E-state index in [0.717, 1.165) is 17.2 Å². The van der Waals surface area contributed by atoms with Crippen molar-refractivity contribution in [2.75, 3.05) is 7.11 Å². The highest BCUT2D eigenvalue weighted by Crippen LogP contribution is 2.30. The first-order valence-electron chi connectivity index (χ1n) is 9.71. The Balaban J connectivity index is 1.81. The number of carbonyl (C=O) groups is 2. The van der Waals surface area contributed by atoms with E-state index in [1.807, 2.05) is 0 Å². The monoisotopic (exact) mass is 461 g/mol. The van der Waals surface area contributed by atoms with Gasteiger partial charge in [-0.15, -0.1) is 0 Å². The predicted octanol–water partition coefficient (Wildman–Crippen LogP) is 5.08. The Labute approximate surface area is 186 Å². The van der Waals surface area contributed by atoms with Crippen molar-refractivity contribution in [3.05, 3.63) is 88.7 Å². The Bertz CT molecular complexity index is 1190. The quantitative estimate of drug-likeness (QED) is 0.482. The molecule has 1 amide bonds. The Morgan fingerprint density at radius 3 is 2.36 bits per heavy atom. The molecule has 0 spiro atoms. The van der Waals surface area contributed by atoms with Crippen LogP contribution in [-0.2, 0) is 23.9 Å². The molecule has 0 saturated heterocycles. The maximum atomic E-state index is 14.1. The molecule has 0 fully saturated rings. The summed E-state index contributed by atoms with van der Waals surface area (Å²) in [6.07, 6.45) is -4.85. The lowest BCUT2D eigenvalue weighted by Gasteiger charge is -2.13. The smallest absolute Gasteiger partial charge is 0.416 e. The number of alkyl halides is 3. The predicted molar refractivity (Wildman–Crippen MR) is 112 cm³/mol. The van der Waals surface area contributed by atoms with E-state index in [-0.39, 0.29) is 19.0 Å². The lowest BCUT2D eigenvalue weighted by molar-refractivity contribution is -0.138. The number of benzene rings is 3. The molecule has 0 saturated carbocycles. The lowest BCUT2D eigenvalue weighted by Crippen LogP contribution is -2.24. The van der Waals surface area contributed by atoms with Crippen molar-refractivity contribution in [2.45, 2.75) is 19.1 Å². The van der Waals surface area contributed by atoms with Crippen molar-refractivity contribution in [3.63, 3.8) is 0 Å². The van der Waals surface area contributed by atoms with Crippen molar-refractivity contribution in [3.8, 4) is 16.9 Å². The minimum atomic E-state index is -4.72. The van der Waals surface area contributed by atoms with E-state index in [1.54, 1.807) is 42.5 Å². The molecule has 0 aliphatic rings. The van der Waals surface area contributed by atoms with Crippen molar-refractivity contribution in [1.82, 2.24) is 5.32 Å². The second-order valence-corrected chi connectivity index (χ2v) is 7.17. The number of carboxylic acids is 1. The van der Waals surface area contributed by atoms with E-state index >= 15 is 0 Å². The number of halogens is 4. The fraction of sp³-hybridized carbons (Fsp3) is 0.167. The standard InChI is InChI=1S/C24H19F4NO4/c1-33-21-8-5-16(15-4-2-3-14(9-15)10-22(30)31)11-17(21)13-29-23(32)19-7-6-18(12-20(19)25)24(26,27)28/h2-9,11-12H,10,13H2,1H3,(H,29,32)(H,30,31). The number of methoxy groups -OCH3 is 1. The number of carboxylic acid groups (broad SMARTS) is 1. The molecule has 3 aromatic carbocycles. The Kier molecular flexibility index (Phi) is 7.01. The van der Waals surface area contributed by atoms with Crippen molar-refractivity contribution in [2.24, 2.45) is 0 Å². The van der Waals surface area contributed by atoms with Gasteiger partial charge in [-0.3, -0.25) is 9.59 Å². The van der Waals surface area contributed by atoms with Crippen molar-refractivity contribution < 1.29 is 37.0 Å². The summed E-state index contributed by atoms with van der Waals surface area (Å²) in [6, 6.07) is 13.8. The highest BCUT2D eigenvalue weighted by molar-refractivity contribution is 5.94. The molecule has 33 heavy (non-hydrogen) atoms. The molecule has 0 unspecified atom stereocenters. The van der Waals surface area contributed by atoms with Gasteiger partial charge in [-0.2, -0.15) is 13.2 Å². The summed E-state index contributed by atoms with van der Waals surface area (Å²) in [7, 11) is 1.43. The second-order valence-electron chi connectivity index (χ2n) is 7.17. The molecule has 0 radical (unpaired) electrons. The van der Waals surface area contributed by atoms with Crippen molar-refractivity contribution >= 4 is 11.9 Å². The minimum Gasteiger partial charge on any atom is -0.496 e. The largest absolute Gasteiger partial charge is 0.496 e. The molecule has 3 rings (SSSR count). The van der Waals surface area contributed by atoms with Gasteiger partial charge in [-0.25, -0.2) is 4.39 Å². The van der Waals surface area contributed by atoms with Gasteiger partial charge in [-0.1, -0.05) is 30.3 Å². The minimum absolute atomic E-state index is 0.0782. The van der Waals surface area contributed by atoms with Crippen LogP contribution in [-0.4, -0.2) is 24.1 Å². The van der Waals surface area contributed by atoms with E-state index in [9.17, 15) is 27.2 Å². The number of aliphatic carboxylic acids is 1. The molecular formula is C24H19F4NO4. The van der Waals surface area contributed by atoms with E-state index in [4.69, 9.17) is 9.84 Å². The third-order valence-corrected chi connectivity index (χ3v) is 4.88. The number of amides is 1. The van der Waals surface area contributed by atoms with Gasteiger partial charge in [0.1, 0.15) is 11.6 Å². The molecule has 0 aromatic heterocycles. The summed E-state index contributed by atoms with van der Waals surface area (Å²) in [5.74, 6) is -2.68. The fourth-order valence-electron chi connectivity index (χ4n) is 3.28. The van der Waals surface area contributed by atoms with Crippen LogP contribution in [0.25, 0.3) is 11.1 Å². The average molecular weight is 461 g/mol. The molecular weight excluding hydrogens is 442 g/mol. The summed E-state index contributed by atoms with van der Waals surface area (Å²) in [5, 5.41) is 11.5. The fourth-order valence-corrected chi connectivity index (χ4v) is 3.28. The molecule has 9 heteroatoms. The van der Waals surface area contributed by atoms with Crippen LogP contribution >= 0.6 is 0 Å². The normalized spacial score (nSPS) is 11.2. The van der Waals surface area contributed by atoms with Crippen LogP contribution in [0.5, 0.6) is 5.75 Å². The highest BCUT2D eigenvalue weighted by atomic mass is 19.4. The van der Waals surface area contributed by atoms with Crippen LogP contribution < -0.4 is 10.1 Å². The molecule has 0 bridgehead atoms. The van der Waals surface area contributed by atoms with Gasteiger partial charge in [0.15, 0.2) is 0 Å². The molecule has 0 atom stereocenters. The molecule has 0 aliphatic carbocycles.